The summed E-state index contributed by atoms with van der Waals surface area (Å²) < 4.78 is 21.0. The first kappa shape index (κ1) is 5.91. The summed E-state index contributed by atoms with van der Waals surface area (Å²) in [6.07, 6.45) is 0. The van der Waals surface area contributed by atoms with Gasteiger partial charge in [0.15, 0.2) is 0 Å². The summed E-state index contributed by atoms with van der Waals surface area (Å²) in [7, 11) is -2.41. The summed E-state index contributed by atoms with van der Waals surface area (Å²) in [6.45, 7) is 2.96. The van der Waals surface area contributed by atoms with Crippen LogP contribution in [0.3, 0.4) is 0 Å². The predicted octanol–water partition coefficient (Wildman–Crippen LogP) is -0.716. The van der Waals surface area contributed by atoms with E-state index in [2.05, 4.69) is 0 Å². The quantitative estimate of drug-likeness (QED) is 0.459. The van der Waals surface area contributed by atoms with E-state index >= 15 is 0 Å². The van der Waals surface area contributed by atoms with Crippen LogP contribution < -0.4 is 4.72 Å². The number of rotatable bonds is 2. The normalized spacial score (nSPS) is 9.67. The molecule has 0 spiro atoms. The summed E-state index contributed by atoms with van der Waals surface area (Å²) in [6, 6.07) is 0. The zero-order valence-electron chi connectivity index (χ0n) is 3.34. The Kier molecular flexibility index (Phi) is 3.07. The third-order valence-corrected chi connectivity index (χ3v) is 0.704. The molecule has 0 bridgehead atoms. The van der Waals surface area contributed by atoms with E-state index in [0.29, 0.717) is 0 Å². The lowest BCUT2D eigenvalue weighted by molar-refractivity contribution is 0.608. The fourth-order valence-electron chi connectivity index (χ4n) is 0.105. The fourth-order valence-corrected chi connectivity index (χ4v) is 0.316. The molecule has 6 heavy (non-hydrogen) atoms. The molecule has 0 aromatic rings. The summed E-state index contributed by atoms with van der Waals surface area (Å²) >= 11 is 0. The minimum absolute atomic E-state index is 1.35. The van der Waals surface area contributed by atoms with Crippen molar-refractivity contribution < 1.29 is 8.42 Å². The van der Waals surface area contributed by atoms with Crippen molar-refractivity contribution in [1.82, 2.24) is 4.72 Å². The van der Waals surface area contributed by atoms with Gasteiger partial charge in [0, 0.05) is 6.54 Å². The van der Waals surface area contributed by atoms with Gasteiger partial charge in [-0.2, -0.15) is 0 Å². The van der Waals surface area contributed by atoms with Crippen LogP contribution in [0.1, 0.15) is 6.92 Å². The second kappa shape index (κ2) is 3.11. The van der Waals surface area contributed by atoms with Gasteiger partial charge in [0.2, 0.25) is 10.9 Å². The molecule has 0 atom stereocenters. The van der Waals surface area contributed by atoms with Gasteiger partial charge in [-0.25, -0.2) is 13.1 Å². The van der Waals surface area contributed by atoms with E-state index in [4.69, 9.17) is 0 Å². The van der Waals surface area contributed by atoms with Crippen molar-refractivity contribution in [2.45, 2.75) is 6.92 Å². The zero-order chi connectivity index (χ0) is 4.99. The summed E-state index contributed by atoms with van der Waals surface area (Å²) in [5.74, 6) is 0. The monoisotopic (exact) mass is 108 g/mol. The maximum absolute atomic E-state index is 9.49. The van der Waals surface area contributed by atoms with E-state index in [1.807, 2.05) is 4.72 Å². The lowest BCUT2D eigenvalue weighted by atomic mass is 10.8. The van der Waals surface area contributed by atoms with E-state index in [9.17, 15) is 8.42 Å². The molecule has 0 heterocycles. The molecule has 0 aliphatic heterocycles. The van der Waals surface area contributed by atoms with Crippen LogP contribution in [0.15, 0.2) is 0 Å². The Labute approximate surface area is 38.4 Å². The Balaban J connectivity index is 3.07. The molecule has 0 aromatic carbocycles. The topological polar surface area (TPSA) is 46.2 Å². The maximum atomic E-state index is 9.49. The van der Waals surface area contributed by atoms with Gasteiger partial charge >= 0.3 is 0 Å². The highest BCUT2D eigenvalue weighted by Crippen LogP contribution is 1.56. The van der Waals surface area contributed by atoms with E-state index < -0.39 is 10.9 Å². The minimum atomic E-state index is -2.41. The van der Waals surface area contributed by atoms with Crippen molar-refractivity contribution in [1.29, 1.82) is 0 Å². The molecule has 0 amide bonds. The smallest absolute Gasteiger partial charge is 0.201 e. The Morgan fingerprint density at radius 1 is 1.67 bits per heavy atom. The van der Waals surface area contributed by atoms with E-state index in [1.54, 1.807) is 6.92 Å². The molecule has 0 fully saturated rings. The number of thiol groups is 1. The lowest BCUT2D eigenvalue weighted by Gasteiger charge is -1.77. The van der Waals surface area contributed by atoms with E-state index in [-0.39, 0.29) is 0 Å². The second-order valence-corrected chi connectivity index (χ2v) is 1.45. The van der Waals surface area contributed by atoms with Crippen LogP contribution in [0.4, 0.5) is 0 Å². The molecule has 0 aliphatic rings. The Morgan fingerprint density at radius 2 is 2.17 bits per heavy atom. The molecule has 3 nitrogen and oxygen atoms in total. The molecule has 4 heteroatoms. The third-order valence-electron chi connectivity index (χ3n) is 0.235. The molecule has 1 N–H and O–H groups in total. The first-order valence-corrected chi connectivity index (χ1v) is 2.63. The molecule has 0 rings (SSSR count). The minimum Gasteiger partial charge on any atom is -0.216 e. The van der Waals surface area contributed by atoms with E-state index in [1.165, 1.54) is 6.54 Å². The SMILES string of the molecule is C[CH]N[SH](=O)=O. The van der Waals surface area contributed by atoms with Gasteiger partial charge in [0.25, 0.3) is 0 Å². The van der Waals surface area contributed by atoms with Gasteiger partial charge in [-0.3, -0.25) is 0 Å². The van der Waals surface area contributed by atoms with Gasteiger partial charge in [-0.15, -0.1) is 0 Å². The Morgan fingerprint density at radius 3 is 2.17 bits per heavy atom. The number of hydrogen-bond acceptors (Lipinski definition) is 2. The van der Waals surface area contributed by atoms with Crippen LogP contribution in [0.5, 0.6) is 0 Å². The molecule has 0 unspecified atom stereocenters. The van der Waals surface area contributed by atoms with Gasteiger partial charge in [0.1, 0.15) is 0 Å². The van der Waals surface area contributed by atoms with Crippen molar-refractivity contribution in [2.75, 3.05) is 0 Å². The summed E-state index contributed by atoms with van der Waals surface area (Å²) in [4.78, 5) is 0. The molecular weight excluding hydrogens is 102 g/mol. The average molecular weight is 108 g/mol. The molecule has 37 valence electrons. The first-order valence-electron chi connectivity index (χ1n) is 1.45. The molecule has 0 saturated carbocycles. The Hall–Kier alpha value is -0.0900. The van der Waals surface area contributed by atoms with Gasteiger partial charge in [0.05, 0.1) is 0 Å². The van der Waals surface area contributed by atoms with E-state index in [0.717, 1.165) is 0 Å². The van der Waals surface area contributed by atoms with Gasteiger partial charge in [-0.1, -0.05) is 0 Å². The molecule has 0 aliphatic carbocycles. The Bertz CT molecular complexity index is 79.5. The molecule has 0 aromatic heterocycles. The molecular formula is C2H6NO2S. The van der Waals surface area contributed by atoms with Crippen LogP contribution in [0.2, 0.25) is 0 Å². The van der Waals surface area contributed by atoms with Crippen LogP contribution in [0, 0.1) is 6.54 Å². The first-order chi connectivity index (χ1) is 2.77. The number of hydrogen-bond donors (Lipinski definition) is 2. The third kappa shape index (κ3) is 3.91. The highest BCUT2D eigenvalue weighted by atomic mass is 32.2. The van der Waals surface area contributed by atoms with Crippen molar-refractivity contribution in [3.05, 3.63) is 6.54 Å². The van der Waals surface area contributed by atoms with Crippen LogP contribution in [-0.4, -0.2) is 8.42 Å². The largest absolute Gasteiger partial charge is 0.216 e. The molecule has 0 saturated heterocycles. The van der Waals surface area contributed by atoms with Crippen LogP contribution in [0.25, 0.3) is 0 Å². The maximum Gasteiger partial charge on any atom is 0.201 e. The molecule has 1 radical (unpaired) electrons. The zero-order valence-corrected chi connectivity index (χ0v) is 4.24. The van der Waals surface area contributed by atoms with Crippen molar-refractivity contribution in [2.24, 2.45) is 0 Å². The van der Waals surface area contributed by atoms with Gasteiger partial charge < -0.3 is 0 Å². The fraction of sp³-hybridized carbons (Fsp3) is 0.500. The predicted molar refractivity (Wildman–Crippen MR) is 23.4 cm³/mol. The van der Waals surface area contributed by atoms with Crippen molar-refractivity contribution in [3.8, 4) is 0 Å². The second-order valence-electron chi connectivity index (χ2n) is 0.675. The van der Waals surface area contributed by atoms with Crippen LogP contribution in [-0.2, 0) is 10.9 Å². The average Bonchev–Trinajstić information content (AvgIpc) is 1.35. The van der Waals surface area contributed by atoms with Crippen molar-refractivity contribution in [3.63, 3.8) is 0 Å². The highest BCUT2D eigenvalue weighted by molar-refractivity contribution is 7.70. The standard InChI is InChI=1S/C2H6NO2S/c1-2-3-6(4)5/h2,6H,1H3,(H,3,4,5). The lowest BCUT2D eigenvalue weighted by Crippen LogP contribution is -2.02. The highest BCUT2D eigenvalue weighted by Gasteiger charge is 1.71. The van der Waals surface area contributed by atoms with Crippen LogP contribution >= 0.6 is 0 Å². The van der Waals surface area contributed by atoms with Gasteiger partial charge in [-0.05, 0) is 6.92 Å². The summed E-state index contributed by atoms with van der Waals surface area (Å²) in [5, 5.41) is 0. The van der Waals surface area contributed by atoms with Crippen molar-refractivity contribution >= 4 is 10.9 Å². The summed E-state index contributed by atoms with van der Waals surface area (Å²) in [5.41, 5.74) is 0. The number of nitrogens with one attached hydrogen (secondary N) is 1.